The predicted molar refractivity (Wildman–Crippen MR) is 134 cm³/mol. The van der Waals surface area contributed by atoms with Gasteiger partial charge in [0.15, 0.2) is 5.65 Å². The molecule has 3 aromatic heterocycles. The maximum absolute atomic E-state index is 4.98. The van der Waals surface area contributed by atoms with E-state index in [-0.39, 0.29) is 0 Å². The van der Waals surface area contributed by atoms with Crippen LogP contribution in [0.5, 0.6) is 0 Å². The Labute approximate surface area is 197 Å². The Bertz CT molecular complexity index is 1200. The second kappa shape index (κ2) is 9.42. The van der Waals surface area contributed by atoms with Crippen molar-refractivity contribution in [3.63, 3.8) is 0 Å². The molecule has 6 nitrogen and oxygen atoms in total. The fourth-order valence-corrected chi connectivity index (χ4v) is 4.75. The van der Waals surface area contributed by atoms with E-state index in [0.717, 1.165) is 59.7 Å². The van der Waals surface area contributed by atoms with E-state index in [9.17, 15) is 0 Å². The standard InChI is InChI=1S/C24H26BBrN6/c25-20-6-2-1-5-19(20)16-31-10-7-18(8-11-31)22-12-23(28-14-17-4-3-9-27-13-17)32-24(30-22)21(26)15-29-32/h1-6,9,12-13,15,18,28H,7-8,10-11,14,16,25H2. The van der Waals surface area contributed by atoms with Gasteiger partial charge in [-0.15, -0.1) is 0 Å². The first-order valence-corrected chi connectivity index (χ1v) is 11.9. The van der Waals surface area contributed by atoms with Crippen LogP contribution in [-0.4, -0.2) is 45.4 Å². The van der Waals surface area contributed by atoms with Crippen molar-refractivity contribution in [2.75, 3.05) is 18.4 Å². The summed E-state index contributed by atoms with van der Waals surface area (Å²) >= 11 is 3.62. The van der Waals surface area contributed by atoms with Crippen molar-refractivity contribution < 1.29 is 0 Å². The maximum Gasteiger partial charge on any atom is 0.171 e. The van der Waals surface area contributed by atoms with Crippen molar-refractivity contribution in [2.45, 2.75) is 31.8 Å². The van der Waals surface area contributed by atoms with Gasteiger partial charge in [-0.05, 0) is 59.1 Å². The van der Waals surface area contributed by atoms with E-state index in [4.69, 9.17) is 4.98 Å². The third-order valence-electron chi connectivity index (χ3n) is 6.31. The zero-order valence-electron chi connectivity index (χ0n) is 18.2. The summed E-state index contributed by atoms with van der Waals surface area (Å²) in [6.07, 6.45) is 7.72. The van der Waals surface area contributed by atoms with Crippen molar-refractivity contribution in [1.29, 1.82) is 0 Å². The minimum atomic E-state index is 0.453. The Morgan fingerprint density at radius 2 is 1.94 bits per heavy atom. The normalized spacial score (nSPS) is 15.3. The number of hydrogen-bond acceptors (Lipinski definition) is 5. The third-order valence-corrected chi connectivity index (χ3v) is 6.87. The molecule has 0 bridgehead atoms. The van der Waals surface area contributed by atoms with Crippen LogP contribution in [0, 0.1) is 0 Å². The highest BCUT2D eigenvalue weighted by Gasteiger charge is 2.23. The molecule has 1 saturated heterocycles. The van der Waals surface area contributed by atoms with Gasteiger partial charge in [-0.3, -0.25) is 9.88 Å². The summed E-state index contributed by atoms with van der Waals surface area (Å²) in [7, 11) is 2.20. The van der Waals surface area contributed by atoms with Gasteiger partial charge in [-0.25, -0.2) is 4.98 Å². The van der Waals surface area contributed by atoms with Crippen molar-refractivity contribution in [1.82, 2.24) is 24.5 Å². The largest absolute Gasteiger partial charge is 0.366 e. The first-order chi connectivity index (χ1) is 15.7. The van der Waals surface area contributed by atoms with Crippen LogP contribution in [0.25, 0.3) is 5.65 Å². The van der Waals surface area contributed by atoms with E-state index in [1.165, 1.54) is 11.0 Å². The lowest BCUT2D eigenvalue weighted by atomic mass is 9.89. The van der Waals surface area contributed by atoms with E-state index in [1.54, 1.807) is 6.20 Å². The van der Waals surface area contributed by atoms with Gasteiger partial charge in [-0.1, -0.05) is 35.8 Å². The second-order valence-electron chi connectivity index (χ2n) is 8.49. The Morgan fingerprint density at radius 1 is 1.09 bits per heavy atom. The summed E-state index contributed by atoms with van der Waals surface area (Å²) in [5.74, 6) is 1.41. The maximum atomic E-state index is 4.98. The predicted octanol–water partition coefficient (Wildman–Crippen LogP) is 3.14. The summed E-state index contributed by atoms with van der Waals surface area (Å²) in [5.41, 5.74) is 5.93. The van der Waals surface area contributed by atoms with Crippen LogP contribution in [0.15, 0.2) is 65.5 Å². The molecule has 1 aliphatic rings. The third kappa shape index (κ3) is 4.57. The molecular formula is C24H26BBrN6. The molecule has 0 spiro atoms. The molecule has 162 valence electrons. The van der Waals surface area contributed by atoms with Crippen molar-refractivity contribution in [3.8, 4) is 0 Å². The van der Waals surface area contributed by atoms with Crippen LogP contribution in [0.3, 0.4) is 0 Å². The fourth-order valence-electron chi connectivity index (χ4n) is 4.40. The van der Waals surface area contributed by atoms with Gasteiger partial charge in [-0.2, -0.15) is 9.61 Å². The Balaban J connectivity index is 1.32. The molecule has 0 unspecified atom stereocenters. The number of aromatic nitrogens is 4. The molecule has 4 aromatic rings. The van der Waals surface area contributed by atoms with E-state index in [0.29, 0.717) is 12.5 Å². The Hall–Kier alpha value is -2.71. The number of rotatable bonds is 6. The molecule has 8 heteroatoms. The number of likely N-dealkylation sites (tertiary alicyclic amines) is 1. The monoisotopic (exact) mass is 488 g/mol. The molecule has 0 radical (unpaired) electrons. The van der Waals surface area contributed by atoms with Gasteiger partial charge in [0.2, 0.25) is 0 Å². The SMILES string of the molecule is Bc1ccccc1CN1CCC(c2cc(NCc3cccnc3)n3ncc(Br)c3n2)CC1. The van der Waals surface area contributed by atoms with Gasteiger partial charge in [0, 0.05) is 43.2 Å². The Morgan fingerprint density at radius 3 is 2.72 bits per heavy atom. The molecule has 0 atom stereocenters. The number of benzene rings is 1. The molecule has 4 heterocycles. The zero-order chi connectivity index (χ0) is 21.9. The zero-order valence-corrected chi connectivity index (χ0v) is 19.8. The van der Waals surface area contributed by atoms with Crippen LogP contribution in [0.4, 0.5) is 5.82 Å². The number of piperidine rings is 1. The minimum absolute atomic E-state index is 0.453. The van der Waals surface area contributed by atoms with Gasteiger partial charge in [0.1, 0.15) is 13.7 Å². The van der Waals surface area contributed by atoms with Crippen molar-refractivity contribution in [2.24, 2.45) is 0 Å². The molecule has 5 rings (SSSR count). The average molecular weight is 489 g/mol. The van der Waals surface area contributed by atoms with Gasteiger partial charge in [0.05, 0.1) is 10.7 Å². The van der Waals surface area contributed by atoms with Crippen LogP contribution >= 0.6 is 15.9 Å². The minimum Gasteiger partial charge on any atom is -0.366 e. The smallest absolute Gasteiger partial charge is 0.171 e. The number of halogens is 1. The van der Waals surface area contributed by atoms with E-state index >= 15 is 0 Å². The quantitative estimate of drug-likeness (QED) is 0.422. The number of pyridine rings is 1. The van der Waals surface area contributed by atoms with Gasteiger partial charge >= 0.3 is 0 Å². The highest BCUT2D eigenvalue weighted by atomic mass is 79.9. The molecule has 1 aromatic carbocycles. The lowest BCUT2D eigenvalue weighted by Crippen LogP contribution is -2.34. The molecule has 32 heavy (non-hydrogen) atoms. The average Bonchev–Trinajstić information content (AvgIpc) is 3.21. The number of hydrogen-bond donors (Lipinski definition) is 1. The first-order valence-electron chi connectivity index (χ1n) is 11.1. The first kappa shape index (κ1) is 21.2. The molecular weight excluding hydrogens is 463 g/mol. The van der Waals surface area contributed by atoms with Crippen molar-refractivity contribution >= 4 is 40.7 Å². The Kier molecular flexibility index (Phi) is 6.23. The van der Waals surface area contributed by atoms with E-state index in [2.05, 4.69) is 80.5 Å². The van der Waals surface area contributed by atoms with Crippen LogP contribution in [0.2, 0.25) is 0 Å². The van der Waals surface area contributed by atoms with Gasteiger partial charge < -0.3 is 5.32 Å². The highest BCUT2D eigenvalue weighted by molar-refractivity contribution is 9.10. The number of nitrogens with zero attached hydrogens (tertiary/aromatic N) is 5. The lowest BCUT2D eigenvalue weighted by Gasteiger charge is -2.32. The van der Waals surface area contributed by atoms with Gasteiger partial charge in [0.25, 0.3) is 0 Å². The molecule has 0 saturated carbocycles. The molecule has 1 fully saturated rings. The highest BCUT2D eigenvalue weighted by Crippen LogP contribution is 2.31. The van der Waals surface area contributed by atoms with Crippen LogP contribution in [0.1, 0.15) is 35.6 Å². The number of nitrogens with one attached hydrogen (secondary N) is 1. The molecule has 0 amide bonds. The summed E-state index contributed by atoms with van der Waals surface area (Å²) in [6, 6.07) is 14.9. The van der Waals surface area contributed by atoms with Crippen LogP contribution in [-0.2, 0) is 13.1 Å². The lowest BCUT2D eigenvalue weighted by molar-refractivity contribution is 0.204. The topological polar surface area (TPSA) is 58.4 Å². The number of anilines is 1. The molecule has 0 aliphatic carbocycles. The van der Waals surface area contributed by atoms with E-state index < -0.39 is 0 Å². The number of fused-ring (bicyclic) bond motifs is 1. The van der Waals surface area contributed by atoms with Crippen molar-refractivity contribution in [3.05, 3.63) is 82.3 Å². The van der Waals surface area contributed by atoms with Crippen LogP contribution < -0.4 is 10.8 Å². The summed E-state index contributed by atoms with van der Waals surface area (Å²) in [4.78, 5) is 11.8. The summed E-state index contributed by atoms with van der Waals surface area (Å²) < 4.78 is 2.79. The fraction of sp³-hybridized carbons (Fsp3) is 0.292. The molecule has 1 aliphatic heterocycles. The summed E-state index contributed by atoms with van der Waals surface area (Å²) in [6.45, 7) is 3.90. The molecule has 1 N–H and O–H groups in total. The second-order valence-corrected chi connectivity index (χ2v) is 9.34. The van der Waals surface area contributed by atoms with E-state index in [1.807, 2.05) is 23.0 Å². The summed E-state index contributed by atoms with van der Waals surface area (Å²) in [5, 5.41) is 8.04.